The van der Waals surface area contributed by atoms with Crippen molar-refractivity contribution in [1.82, 2.24) is 0 Å². The molecular weight excluding hydrogens is 356 g/mol. The number of anilines is 2. The summed E-state index contributed by atoms with van der Waals surface area (Å²) in [5.41, 5.74) is 2.54. The first-order valence-electron chi connectivity index (χ1n) is 8.59. The highest BCUT2D eigenvalue weighted by Crippen LogP contribution is 2.14. The molecule has 2 aromatic rings. The lowest BCUT2D eigenvalue weighted by molar-refractivity contribution is -0.118. The van der Waals surface area contributed by atoms with E-state index in [4.69, 9.17) is 5.11 Å². The molecule has 0 aromatic heterocycles. The van der Waals surface area contributed by atoms with Crippen molar-refractivity contribution in [3.63, 3.8) is 0 Å². The van der Waals surface area contributed by atoms with Crippen molar-refractivity contribution in [2.75, 3.05) is 24.3 Å². The number of benzene rings is 2. The molecule has 0 heterocycles. The van der Waals surface area contributed by atoms with Gasteiger partial charge in [0.1, 0.15) is 0 Å². The van der Waals surface area contributed by atoms with Gasteiger partial charge in [0.15, 0.2) is 5.78 Å². The Hall–Kier alpha value is -3.67. The van der Waals surface area contributed by atoms with Crippen molar-refractivity contribution >= 4 is 35.1 Å². The van der Waals surface area contributed by atoms with Crippen molar-refractivity contribution in [3.05, 3.63) is 77.4 Å². The SMILES string of the molecule is CC(=O)C(=CC=Cc1ccc(N(C)C)cc1)C(=O)Nc1ccc(C(=O)O)cc1. The van der Waals surface area contributed by atoms with E-state index in [1.165, 1.54) is 37.3 Å². The van der Waals surface area contributed by atoms with Crippen LogP contribution in [0.5, 0.6) is 0 Å². The van der Waals surface area contributed by atoms with E-state index in [0.717, 1.165) is 11.3 Å². The summed E-state index contributed by atoms with van der Waals surface area (Å²) < 4.78 is 0. The predicted octanol–water partition coefficient (Wildman–Crippen LogP) is 3.62. The lowest BCUT2D eigenvalue weighted by Gasteiger charge is -2.11. The van der Waals surface area contributed by atoms with Gasteiger partial charge in [-0.2, -0.15) is 0 Å². The summed E-state index contributed by atoms with van der Waals surface area (Å²) in [6.07, 6.45) is 4.91. The maximum Gasteiger partial charge on any atom is 0.335 e. The van der Waals surface area contributed by atoms with E-state index >= 15 is 0 Å². The molecule has 0 spiro atoms. The molecule has 1 amide bonds. The zero-order valence-corrected chi connectivity index (χ0v) is 16.0. The van der Waals surface area contributed by atoms with Crippen molar-refractivity contribution < 1.29 is 19.5 Å². The molecule has 0 fully saturated rings. The molecule has 2 N–H and O–H groups in total. The smallest absolute Gasteiger partial charge is 0.335 e. The van der Waals surface area contributed by atoms with E-state index < -0.39 is 11.9 Å². The Labute approximate surface area is 163 Å². The third kappa shape index (κ3) is 5.67. The number of nitrogens with one attached hydrogen (secondary N) is 1. The van der Waals surface area contributed by atoms with Gasteiger partial charge in [-0.15, -0.1) is 0 Å². The van der Waals surface area contributed by atoms with Gasteiger partial charge < -0.3 is 15.3 Å². The van der Waals surface area contributed by atoms with Crippen molar-refractivity contribution in [1.29, 1.82) is 0 Å². The summed E-state index contributed by atoms with van der Waals surface area (Å²) in [5.74, 6) is -1.97. The first-order valence-corrected chi connectivity index (χ1v) is 8.59. The first kappa shape index (κ1) is 20.6. The number of carbonyl (C=O) groups excluding carboxylic acids is 2. The monoisotopic (exact) mass is 378 g/mol. The fourth-order valence-corrected chi connectivity index (χ4v) is 2.39. The zero-order chi connectivity index (χ0) is 20.7. The molecule has 0 atom stereocenters. The molecular formula is C22H22N2O4. The average molecular weight is 378 g/mol. The minimum absolute atomic E-state index is 0.00322. The summed E-state index contributed by atoms with van der Waals surface area (Å²) >= 11 is 0. The fourth-order valence-electron chi connectivity index (χ4n) is 2.39. The molecule has 28 heavy (non-hydrogen) atoms. The van der Waals surface area contributed by atoms with Gasteiger partial charge >= 0.3 is 5.97 Å². The molecule has 0 aliphatic heterocycles. The van der Waals surface area contributed by atoms with Gasteiger partial charge in [-0.3, -0.25) is 9.59 Å². The molecule has 0 radical (unpaired) electrons. The molecule has 0 aliphatic rings. The van der Waals surface area contributed by atoms with Crippen molar-refractivity contribution in [2.45, 2.75) is 6.92 Å². The molecule has 6 nitrogen and oxygen atoms in total. The highest BCUT2D eigenvalue weighted by Gasteiger charge is 2.14. The van der Waals surface area contributed by atoms with E-state index in [1.807, 2.05) is 43.3 Å². The highest BCUT2D eigenvalue weighted by molar-refractivity contribution is 6.23. The van der Waals surface area contributed by atoms with Gasteiger partial charge in [0.2, 0.25) is 0 Å². The Bertz CT molecular complexity index is 924. The summed E-state index contributed by atoms with van der Waals surface area (Å²) in [6, 6.07) is 13.5. The Morgan fingerprint density at radius 1 is 0.964 bits per heavy atom. The fraction of sp³-hybridized carbons (Fsp3) is 0.136. The van der Waals surface area contributed by atoms with Gasteiger partial charge in [0, 0.05) is 25.5 Å². The van der Waals surface area contributed by atoms with Crippen LogP contribution in [0.1, 0.15) is 22.8 Å². The molecule has 0 saturated carbocycles. The Morgan fingerprint density at radius 3 is 2.07 bits per heavy atom. The summed E-state index contributed by atoms with van der Waals surface area (Å²) in [4.78, 5) is 37.1. The predicted molar refractivity (Wildman–Crippen MR) is 111 cm³/mol. The number of carbonyl (C=O) groups is 3. The van der Waals surface area contributed by atoms with E-state index in [-0.39, 0.29) is 16.9 Å². The summed E-state index contributed by atoms with van der Waals surface area (Å²) in [7, 11) is 3.92. The Balaban J connectivity index is 2.11. The van der Waals surface area contributed by atoms with Gasteiger partial charge in [-0.1, -0.05) is 24.3 Å². The van der Waals surface area contributed by atoms with Gasteiger partial charge in [-0.05, 0) is 55.0 Å². The molecule has 144 valence electrons. The van der Waals surface area contributed by atoms with Crippen LogP contribution in [0.3, 0.4) is 0 Å². The van der Waals surface area contributed by atoms with Gasteiger partial charge in [0.25, 0.3) is 5.91 Å². The van der Waals surface area contributed by atoms with Crippen LogP contribution in [0, 0.1) is 0 Å². The van der Waals surface area contributed by atoms with E-state index in [9.17, 15) is 14.4 Å². The van der Waals surface area contributed by atoms with Crippen LogP contribution < -0.4 is 10.2 Å². The van der Waals surface area contributed by atoms with Gasteiger partial charge in [-0.25, -0.2) is 4.79 Å². The average Bonchev–Trinajstić information content (AvgIpc) is 2.65. The van der Waals surface area contributed by atoms with E-state index in [1.54, 1.807) is 12.2 Å². The second kappa shape index (κ2) is 9.32. The maximum absolute atomic E-state index is 12.4. The number of Topliss-reactive ketones (excluding diaryl/α,β-unsaturated/α-hetero) is 1. The number of carboxylic acids is 1. The number of rotatable bonds is 7. The van der Waals surface area contributed by atoms with E-state index in [0.29, 0.717) is 5.69 Å². The lowest BCUT2D eigenvalue weighted by Crippen LogP contribution is -2.18. The van der Waals surface area contributed by atoms with E-state index in [2.05, 4.69) is 5.32 Å². The number of hydrogen-bond donors (Lipinski definition) is 2. The zero-order valence-electron chi connectivity index (χ0n) is 16.0. The second-order valence-electron chi connectivity index (χ2n) is 6.32. The normalized spacial score (nSPS) is 11.3. The third-order valence-electron chi connectivity index (χ3n) is 3.97. The maximum atomic E-state index is 12.4. The molecule has 0 unspecified atom stereocenters. The topological polar surface area (TPSA) is 86.7 Å². The molecule has 0 bridgehead atoms. The number of carboxylic acid groups (broad SMARTS) is 1. The largest absolute Gasteiger partial charge is 0.478 e. The molecule has 2 rings (SSSR count). The highest BCUT2D eigenvalue weighted by atomic mass is 16.4. The molecule has 2 aromatic carbocycles. The minimum atomic E-state index is -1.05. The molecule has 0 saturated heterocycles. The number of ketones is 1. The number of aromatic carboxylic acids is 1. The first-order chi connectivity index (χ1) is 13.3. The minimum Gasteiger partial charge on any atom is -0.478 e. The summed E-state index contributed by atoms with van der Waals surface area (Å²) in [5, 5.41) is 11.5. The number of nitrogens with zero attached hydrogens (tertiary/aromatic N) is 1. The third-order valence-corrected chi connectivity index (χ3v) is 3.97. The van der Waals surface area contributed by atoms with Crippen LogP contribution in [-0.2, 0) is 9.59 Å². The number of amides is 1. The van der Waals surface area contributed by atoms with Crippen molar-refractivity contribution in [3.8, 4) is 0 Å². The van der Waals surface area contributed by atoms with Crippen LogP contribution in [-0.4, -0.2) is 36.9 Å². The van der Waals surface area contributed by atoms with Gasteiger partial charge in [0.05, 0.1) is 11.1 Å². The Kier molecular flexibility index (Phi) is 6.87. The lowest BCUT2D eigenvalue weighted by atomic mass is 10.1. The van der Waals surface area contributed by atoms with Crippen LogP contribution in [0.15, 0.2) is 66.3 Å². The van der Waals surface area contributed by atoms with Crippen LogP contribution in [0.2, 0.25) is 0 Å². The second-order valence-corrected chi connectivity index (χ2v) is 6.32. The Morgan fingerprint density at radius 2 is 1.57 bits per heavy atom. The number of hydrogen-bond acceptors (Lipinski definition) is 4. The van der Waals surface area contributed by atoms with Crippen LogP contribution >= 0.6 is 0 Å². The molecule has 6 heteroatoms. The number of allylic oxidation sites excluding steroid dienone is 2. The van der Waals surface area contributed by atoms with Crippen LogP contribution in [0.25, 0.3) is 6.08 Å². The van der Waals surface area contributed by atoms with Crippen molar-refractivity contribution in [2.24, 2.45) is 0 Å². The quantitative estimate of drug-likeness (QED) is 0.333. The molecule has 0 aliphatic carbocycles. The summed E-state index contributed by atoms with van der Waals surface area (Å²) in [6.45, 7) is 1.32. The standard InChI is InChI=1S/C22H22N2O4/c1-15(25)20(6-4-5-16-7-13-19(14-8-16)24(2)3)21(26)23-18-11-9-17(10-12-18)22(27)28/h4-14H,1-3H3,(H,23,26)(H,27,28). The van der Waals surface area contributed by atoms with Crippen LogP contribution in [0.4, 0.5) is 11.4 Å².